The quantitative estimate of drug-likeness (QED) is 0.556. The molecular weight excluding hydrogens is 392 g/mol. The Morgan fingerprint density at radius 1 is 1.24 bits per heavy atom. The molecule has 0 unspecified atom stereocenters. The summed E-state index contributed by atoms with van der Waals surface area (Å²) in [6.45, 7) is 9.62. The summed E-state index contributed by atoms with van der Waals surface area (Å²) in [5.74, 6) is -0.448. The highest BCUT2D eigenvalue weighted by Gasteiger charge is 2.31. The van der Waals surface area contributed by atoms with Gasteiger partial charge in [0.05, 0.1) is 18.2 Å². The second kappa shape index (κ2) is 8.53. The lowest BCUT2D eigenvalue weighted by atomic mass is 9.91. The molecule has 2 aromatic rings. The molecule has 0 saturated carbocycles. The third kappa shape index (κ3) is 4.78. The van der Waals surface area contributed by atoms with E-state index in [2.05, 4.69) is 30.9 Å². The summed E-state index contributed by atoms with van der Waals surface area (Å²) >= 11 is 5.81. The third-order valence-electron chi connectivity index (χ3n) is 5.06. The molecule has 1 amide bonds. The summed E-state index contributed by atoms with van der Waals surface area (Å²) in [5.41, 5.74) is 1.70. The maximum atomic E-state index is 12.7. The van der Waals surface area contributed by atoms with Crippen LogP contribution in [0.3, 0.4) is 0 Å². The van der Waals surface area contributed by atoms with E-state index >= 15 is 0 Å². The fraction of sp³-hybridized carbons (Fsp3) is 0.524. The van der Waals surface area contributed by atoms with Crippen LogP contribution in [0.4, 0.5) is 0 Å². The van der Waals surface area contributed by atoms with Gasteiger partial charge in [0.1, 0.15) is 5.15 Å². The molecule has 0 N–H and O–H groups in total. The number of hydrogen-bond acceptors (Lipinski definition) is 5. The normalized spacial score (nSPS) is 15.4. The molecule has 0 aliphatic carbocycles. The van der Waals surface area contributed by atoms with E-state index in [1.165, 1.54) is 6.20 Å². The summed E-state index contributed by atoms with van der Waals surface area (Å²) in [6, 6.07) is 5.27. The zero-order valence-electron chi connectivity index (χ0n) is 17.3. The molecular formula is C21H27ClN4O3. The molecule has 1 aliphatic heterocycles. The number of ether oxygens (including phenoxy) is 1. The second-order valence-corrected chi connectivity index (χ2v) is 8.61. The number of nitrogens with zero attached hydrogens (tertiary/aromatic N) is 4. The largest absolute Gasteiger partial charge is 0.461 e. The van der Waals surface area contributed by atoms with Gasteiger partial charge in [0, 0.05) is 30.4 Å². The number of halogens is 1. The third-order valence-corrected chi connectivity index (χ3v) is 5.28. The van der Waals surface area contributed by atoms with Gasteiger partial charge in [0.15, 0.2) is 5.69 Å². The Morgan fingerprint density at radius 2 is 1.93 bits per heavy atom. The standard InChI is InChI=1S/C21H27ClN4O3/c1-5-29-20(28)16-12-17(21(2,3)4)26(24-16)15-8-10-25(11-9-15)19(27)14-6-7-18(22)23-13-14/h6-7,12-13,15H,5,8-11H2,1-4H3. The van der Waals surface area contributed by atoms with E-state index in [-0.39, 0.29) is 17.4 Å². The first kappa shape index (κ1) is 21.3. The lowest BCUT2D eigenvalue weighted by Crippen LogP contribution is -2.40. The number of carbonyl (C=O) groups excluding carboxylic acids is 2. The minimum absolute atomic E-state index is 0.0451. The smallest absolute Gasteiger partial charge is 0.358 e. The highest BCUT2D eigenvalue weighted by molar-refractivity contribution is 6.29. The number of amides is 1. The van der Waals surface area contributed by atoms with Gasteiger partial charge < -0.3 is 9.64 Å². The van der Waals surface area contributed by atoms with Crippen molar-refractivity contribution in [2.75, 3.05) is 19.7 Å². The SMILES string of the molecule is CCOC(=O)c1cc(C(C)(C)C)n(C2CCN(C(=O)c3ccc(Cl)nc3)CC2)n1. The van der Waals surface area contributed by atoms with E-state index in [4.69, 9.17) is 16.3 Å². The van der Waals surface area contributed by atoms with Crippen LogP contribution in [0.25, 0.3) is 0 Å². The lowest BCUT2D eigenvalue weighted by Gasteiger charge is -2.34. The van der Waals surface area contributed by atoms with E-state index in [9.17, 15) is 9.59 Å². The minimum Gasteiger partial charge on any atom is -0.461 e. The molecule has 0 bridgehead atoms. The van der Waals surface area contributed by atoms with Crippen molar-refractivity contribution in [3.63, 3.8) is 0 Å². The second-order valence-electron chi connectivity index (χ2n) is 8.22. The number of carbonyl (C=O) groups is 2. The molecule has 0 atom stereocenters. The van der Waals surface area contributed by atoms with Crippen LogP contribution in [0.2, 0.25) is 5.15 Å². The molecule has 0 spiro atoms. The Kier molecular flexibility index (Phi) is 6.27. The molecule has 3 heterocycles. The van der Waals surface area contributed by atoms with Gasteiger partial charge in [0.25, 0.3) is 5.91 Å². The Morgan fingerprint density at radius 3 is 2.48 bits per heavy atom. The predicted octanol–water partition coefficient (Wildman–Crippen LogP) is 3.88. The summed E-state index contributed by atoms with van der Waals surface area (Å²) in [7, 11) is 0. The van der Waals surface area contributed by atoms with Crippen LogP contribution in [0.1, 0.15) is 73.1 Å². The van der Waals surface area contributed by atoms with Gasteiger partial charge in [-0.2, -0.15) is 5.10 Å². The van der Waals surface area contributed by atoms with E-state index in [0.717, 1.165) is 18.5 Å². The number of aromatic nitrogens is 3. The van der Waals surface area contributed by atoms with E-state index in [1.807, 2.05) is 15.6 Å². The summed E-state index contributed by atoms with van der Waals surface area (Å²) in [5, 5.41) is 4.94. The minimum atomic E-state index is -0.403. The van der Waals surface area contributed by atoms with Gasteiger partial charge in [-0.15, -0.1) is 0 Å². The van der Waals surface area contributed by atoms with Crippen LogP contribution in [0, 0.1) is 0 Å². The average Bonchev–Trinajstić information content (AvgIpc) is 3.14. The molecule has 2 aromatic heterocycles. The monoisotopic (exact) mass is 418 g/mol. The van der Waals surface area contributed by atoms with Crippen LogP contribution in [0.5, 0.6) is 0 Å². The molecule has 1 saturated heterocycles. The molecule has 29 heavy (non-hydrogen) atoms. The highest BCUT2D eigenvalue weighted by Crippen LogP contribution is 2.31. The van der Waals surface area contributed by atoms with Crippen molar-refractivity contribution >= 4 is 23.5 Å². The van der Waals surface area contributed by atoms with Crippen LogP contribution < -0.4 is 0 Å². The van der Waals surface area contributed by atoms with E-state index in [1.54, 1.807) is 19.1 Å². The van der Waals surface area contributed by atoms with Gasteiger partial charge >= 0.3 is 5.97 Å². The predicted molar refractivity (Wildman–Crippen MR) is 110 cm³/mol. The summed E-state index contributed by atoms with van der Waals surface area (Å²) in [6.07, 6.45) is 3.03. The van der Waals surface area contributed by atoms with Gasteiger partial charge in [0.2, 0.25) is 0 Å². The van der Waals surface area contributed by atoms with Gasteiger partial charge in [-0.1, -0.05) is 32.4 Å². The Bertz CT molecular complexity index is 878. The lowest BCUT2D eigenvalue weighted by molar-refractivity contribution is 0.0517. The Hall–Kier alpha value is -2.41. The number of rotatable bonds is 4. The Labute approximate surface area is 176 Å². The molecule has 156 valence electrons. The fourth-order valence-corrected chi connectivity index (χ4v) is 3.65. The van der Waals surface area contributed by atoms with Crippen molar-refractivity contribution in [3.8, 4) is 0 Å². The van der Waals surface area contributed by atoms with Crippen molar-refractivity contribution < 1.29 is 14.3 Å². The van der Waals surface area contributed by atoms with E-state index < -0.39 is 5.97 Å². The van der Waals surface area contributed by atoms with Crippen LogP contribution in [0.15, 0.2) is 24.4 Å². The van der Waals surface area contributed by atoms with Gasteiger partial charge in [-0.05, 0) is 38.0 Å². The molecule has 8 heteroatoms. The molecule has 0 aromatic carbocycles. The topological polar surface area (TPSA) is 77.3 Å². The van der Waals surface area contributed by atoms with Crippen molar-refractivity contribution in [2.24, 2.45) is 0 Å². The van der Waals surface area contributed by atoms with Gasteiger partial charge in [-0.25, -0.2) is 9.78 Å². The average molecular weight is 419 g/mol. The molecule has 0 radical (unpaired) electrons. The number of likely N-dealkylation sites (tertiary alicyclic amines) is 1. The highest BCUT2D eigenvalue weighted by atomic mass is 35.5. The van der Waals surface area contributed by atoms with Gasteiger partial charge in [-0.3, -0.25) is 9.48 Å². The van der Waals surface area contributed by atoms with Crippen LogP contribution in [-0.4, -0.2) is 51.2 Å². The fourth-order valence-electron chi connectivity index (χ4n) is 3.54. The van der Waals surface area contributed by atoms with Crippen LogP contribution in [-0.2, 0) is 10.2 Å². The summed E-state index contributed by atoms with van der Waals surface area (Å²) < 4.78 is 7.08. The van der Waals surface area contributed by atoms with E-state index in [0.29, 0.717) is 36.1 Å². The Balaban J connectivity index is 1.75. The zero-order chi connectivity index (χ0) is 21.2. The molecule has 7 nitrogen and oxygen atoms in total. The van der Waals surface area contributed by atoms with Crippen molar-refractivity contribution in [1.29, 1.82) is 0 Å². The zero-order valence-corrected chi connectivity index (χ0v) is 18.1. The first-order valence-corrected chi connectivity index (χ1v) is 10.3. The van der Waals surface area contributed by atoms with Crippen molar-refractivity contribution in [1.82, 2.24) is 19.7 Å². The molecule has 1 aliphatic rings. The maximum Gasteiger partial charge on any atom is 0.358 e. The first-order chi connectivity index (χ1) is 13.7. The van der Waals surface area contributed by atoms with Crippen molar-refractivity contribution in [3.05, 3.63) is 46.5 Å². The molecule has 1 fully saturated rings. The maximum absolute atomic E-state index is 12.7. The molecule has 3 rings (SSSR count). The van der Waals surface area contributed by atoms with Crippen molar-refractivity contribution in [2.45, 2.75) is 52.0 Å². The summed E-state index contributed by atoms with van der Waals surface area (Å²) in [4.78, 5) is 30.7. The van der Waals surface area contributed by atoms with Crippen LogP contribution >= 0.6 is 11.6 Å². The first-order valence-electron chi connectivity index (χ1n) is 9.88. The number of pyridine rings is 1. The number of hydrogen-bond donors (Lipinski definition) is 0. The number of esters is 1. The number of piperidine rings is 1.